The van der Waals surface area contributed by atoms with Gasteiger partial charge in [0.25, 0.3) is 0 Å². The monoisotopic (exact) mass is 292 g/mol. The summed E-state index contributed by atoms with van der Waals surface area (Å²) in [6.07, 6.45) is -0.696. The number of aliphatic hydroxyl groups is 1. The highest BCUT2D eigenvalue weighted by molar-refractivity contribution is 5.46. The number of para-hydroxylation sites is 1. The maximum atomic E-state index is 10.2. The van der Waals surface area contributed by atoms with Crippen LogP contribution in [-0.2, 0) is 0 Å². The number of aliphatic hydroxyl groups excluding tert-OH is 1. The zero-order chi connectivity index (χ0) is 15.2. The van der Waals surface area contributed by atoms with Crippen LogP contribution in [0, 0.1) is 11.8 Å². The first kappa shape index (κ1) is 14.6. The molecule has 1 aliphatic heterocycles. The molecule has 0 amide bonds. The van der Waals surface area contributed by atoms with Crippen molar-refractivity contribution in [1.29, 1.82) is 0 Å². The minimum absolute atomic E-state index is 0.696. The van der Waals surface area contributed by atoms with Gasteiger partial charge in [0.2, 0.25) is 0 Å². The molecule has 0 bridgehead atoms. The zero-order valence-corrected chi connectivity index (χ0v) is 12.5. The van der Waals surface area contributed by atoms with Gasteiger partial charge in [0.05, 0.1) is 0 Å². The van der Waals surface area contributed by atoms with Crippen LogP contribution in [0.1, 0.15) is 5.56 Å². The number of nitrogens with zero attached hydrogens (tertiary/aromatic N) is 2. The summed E-state index contributed by atoms with van der Waals surface area (Å²) in [4.78, 5) is 4.36. The Labute approximate surface area is 131 Å². The number of rotatable bonds is 2. The van der Waals surface area contributed by atoms with Crippen molar-refractivity contribution < 1.29 is 5.11 Å². The summed E-state index contributed by atoms with van der Waals surface area (Å²) >= 11 is 0. The molecule has 1 heterocycles. The molecule has 1 atom stereocenters. The Kier molecular flexibility index (Phi) is 4.75. The van der Waals surface area contributed by atoms with Crippen LogP contribution < -0.4 is 4.90 Å². The van der Waals surface area contributed by atoms with E-state index in [0.717, 1.165) is 31.7 Å². The molecule has 3 rings (SSSR count). The molecule has 0 saturated carbocycles. The van der Waals surface area contributed by atoms with Gasteiger partial charge in [-0.25, -0.2) is 0 Å². The van der Waals surface area contributed by atoms with Crippen molar-refractivity contribution in [3.8, 4) is 11.8 Å². The predicted molar refractivity (Wildman–Crippen MR) is 89.6 cm³/mol. The summed E-state index contributed by atoms with van der Waals surface area (Å²) in [5.41, 5.74) is 2.18. The molecule has 0 aliphatic carbocycles. The lowest BCUT2D eigenvalue weighted by Gasteiger charge is -2.36. The van der Waals surface area contributed by atoms with Gasteiger partial charge in [0, 0.05) is 37.4 Å². The van der Waals surface area contributed by atoms with E-state index in [4.69, 9.17) is 0 Å². The molecule has 1 N–H and O–H groups in total. The molecule has 3 nitrogen and oxygen atoms in total. The average molecular weight is 292 g/mol. The normalized spacial score (nSPS) is 16.7. The first-order valence-electron chi connectivity index (χ1n) is 7.61. The van der Waals surface area contributed by atoms with Gasteiger partial charge < -0.3 is 10.0 Å². The minimum atomic E-state index is -0.696. The summed E-state index contributed by atoms with van der Waals surface area (Å²) in [5, 5.41) is 10.2. The zero-order valence-electron chi connectivity index (χ0n) is 12.5. The molecule has 22 heavy (non-hydrogen) atoms. The largest absolute Gasteiger partial charge is 0.369 e. The summed E-state index contributed by atoms with van der Waals surface area (Å²) in [6.45, 7) is 3.46. The van der Waals surface area contributed by atoms with Crippen molar-refractivity contribution in [1.82, 2.24) is 4.90 Å². The van der Waals surface area contributed by atoms with Crippen LogP contribution in [-0.4, -0.2) is 42.4 Å². The van der Waals surface area contributed by atoms with Crippen molar-refractivity contribution in [3.63, 3.8) is 0 Å². The maximum Gasteiger partial charge on any atom is 0.171 e. The fraction of sp³-hybridized carbons (Fsp3) is 0.263. The Morgan fingerprint density at radius 2 is 1.41 bits per heavy atom. The number of piperazine rings is 1. The van der Waals surface area contributed by atoms with Crippen LogP contribution in [0.25, 0.3) is 0 Å². The molecule has 1 fully saturated rings. The topological polar surface area (TPSA) is 26.7 Å². The van der Waals surface area contributed by atoms with Crippen molar-refractivity contribution >= 4 is 5.69 Å². The first-order valence-corrected chi connectivity index (χ1v) is 7.61. The smallest absolute Gasteiger partial charge is 0.171 e. The van der Waals surface area contributed by atoms with Gasteiger partial charge in [0.15, 0.2) is 6.23 Å². The van der Waals surface area contributed by atoms with Gasteiger partial charge in [0.1, 0.15) is 0 Å². The SMILES string of the molecule is OC(C#Cc1ccccc1)N1CCN(c2ccccc2)CC1. The van der Waals surface area contributed by atoms with Crippen LogP contribution in [0.2, 0.25) is 0 Å². The fourth-order valence-electron chi connectivity index (χ4n) is 2.62. The van der Waals surface area contributed by atoms with Crippen LogP contribution in [0.5, 0.6) is 0 Å². The maximum absolute atomic E-state index is 10.2. The summed E-state index contributed by atoms with van der Waals surface area (Å²) < 4.78 is 0. The summed E-state index contributed by atoms with van der Waals surface area (Å²) in [7, 11) is 0. The summed E-state index contributed by atoms with van der Waals surface area (Å²) in [5.74, 6) is 5.97. The molecule has 1 saturated heterocycles. The number of benzene rings is 2. The molecule has 0 radical (unpaired) electrons. The lowest BCUT2D eigenvalue weighted by atomic mass is 10.2. The number of anilines is 1. The Morgan fingerprint density at radius 1 is 0.818 bits per heavy atom. The first-order chi connectivity index (χ1) is 10.8. The molecule has 1 unspecified atom stereocenters. The highest BCUT2D eigenvalue weighted by atomic mass is 16.3. The molecular formula is C19H20N2O. The number of hydrogen-bond acceptors (Lipinski definition) is 3. The average Bonchev–Trinajstić information content (AvgIpc) is 2.61. The van der Waals surface area contributed by atoms with E-state index in [9.17, 15) is 5.11 Å². The van der Waals surface area contributed by atoms with Gasteiger partial charge in [-0.05, 0) is 30.2 Å². The van der Waals surface area contributed by atoms with Crippen molar-refractivity contribution in [3.05, 3.63) is 66.2 Å². The molecule has 2 aromatic carbocycles. The van der Waals surface area contributed by atoms with E-state index in [2.05, 4.69) is 41.0 Å². The van der Waals surface area contributed by atoms with E-state index in [1.54, 1.807) is 0 Å². The van der Waals surface area contributed by atoms with Crippen molar-refractivity contribution in [2.75, 3.05) is 31.1 Å². The second-order valence-corrected chi connectivity index (χ2v) is 5.37. The molecule has 1 aliphatic rings. The Balaban J connectivity index is 1.56. The fourth-order valence-corrected chi connectivity index (χ4v) is 2.62. The van der Waals surface area contributed by atoms with Crippen LogP contribution in [0.3, 0.4) is 0 Å². The quantitative estimate of drug-likeness (QED) is 0.860. The second-order valence-electron chi connectivity index (χ2n) is 5.37. The van der Waals surface area contributed by atoms with Crippen LogP contribution in [0.4, 0.5) is 5.69 Å². The lowest BCUT2D eigenvalue weighted by molar-refractivity contribution is 0.0452. The third kappa shape index (κ3) is 3.67. The van der Waals surface area contributed by atoms with E-state index < -0.39 is 6.23 Å². The van der Waals surface area contributed by atoms with Crippen LogP contribution >= 0.6 is 0 Å². The molecule has 112 valence electrons. The summed E-state index contributed by atoms with van der Waals surface area (Å²) in [6, 6.07) is 20.2. The predicted octanol–water partition coefficient (Wildman–Crippen LogP) is 2.18. The van der Waals surface area contributed by atoms with Gasteiger partial charge in [-0.15, -0.1) is 0 Å². The lowest BCUT2D eigenvalue weighted by Crippen LogP contribution is -2.50. The minimum Gasteiger partial charge on any atom is -0.369 e. The Morgan fingerprint density at radius 3 is 2.05 bits per heavy atom. The molecule has 3 heteroatoms. The van der Waals surface area contributed by atoms with Gasteiger partial charge in [-0.1, -0.05) is 42.3 Å². The number of hydrogen-bond donors (Lipinski definition) is 1. The Bertz CT molecular complexity index is 637. The highest BCUT2D eigenvalue weighted by Crippen LogP contribution is 2.16. The van der Waals surface area contributed by atoms with Crippen LogP contribution in [0.15, 0.2) is 60.7 Å². The van der Waals surface area contributed by atoms with E-state index in [1.807, 2.05) is 41.3 Å². The molecule has 0 aromatic heterocycles. The standard InChI is InChI=1S/C19H20N2O/c22-19(12-11-17-7-3-1-4-8-17)21-15-13-20(14-16-21)18-9-5-2-6-10-18/h1-10,19,22H,13-16H2. The third-order valence-corrected chi connectivity index (χ3v) is 3.90. The molecule has 2 aromatic rings. The third-order valence-electron chi connectivity index (χ3n) is 3.90. The Hall–Kier alpha value is -2.28. The highest BCUT2D eigenvalue weighted by Gasteiger charge is 2.20. The second kappa shape index (κ2) is 7.13. The van der Waals surface area contributed by atoms with Gasteiger partial charge in [-0.2, -0.15) is 0 Å². The van der Waals surface area contributed by atoms with Gasteiger partial charge >= 0.3 is 0 Å². The van der Waals surface area contributed by atoms with E-state index in [1.165, 1.54) is 5.69 Å². The van der Waals surface area contributed by atoms with Gasteiger partial charge in [-0.3, -0.25) is 4.90 Å². The molecular weight excluding hydrogens is 272 g/mol. The molecule has 0 spiro atoms. The van der Waals surface area contributed by atoms with Crippen molar-refractivity contribution in [2.24, 2.45) is 0 Å². The van der Waals surface area contributed by atoms with Crippen molar-refractivity contribution in [2.45, 2.75) is 6.23 Å². The van der Waals surface area contributed by atoms with E-state index in [-0.39, 0.29) is 0 Å². The van der Waals surface area contributed by atoms with E-state index >= 15 is 0 Å². The van der Waals surface area contributed by atoms with E-state index in [0.29, 0.717) is 0 Å².